The molecule has 0 aromatic carbocycles. The fourth-order valence-corrected chi connectivity index (χ4v) is 3.41. The number of esters is 1. The lowest BCUT2D eigenvalue weighted by Crippen LogP contribution is -2.47. The lowest BCUT2D eigenvalue weighted by molar-refractivity contribution is -0.158. The first-order valence-electron chi connectivity index (χ1n) is 10.9. The molecule has 184 valence electrons. The number of alkyl carbamates (subject to hydrolysis) is 1. The minimum atomic E-state index is -0.868. The van der Waals surface area contributed by atoms with Crippen molar-refractivity contribution in [3.05, 3.63) is 27.4 Å². The minimum absolute atomic E-state index is 0.0734. The average Bonchev–Trinajstić information content (AvgIpc) is 3.09. The molecule has 0 aliphatic carbocycles. The summed E-state index contributed by atoms with van der Waals surface area (Å²) < 4.78 is 19.8. The van der Waals surface area contributed by atoms with Gasteiger partial charge in [-0.25, -0.2) is 9.59 Å². The Labute approximate surface area is 198 Å². The third-order valence-corrected chi connectivity index (χ3v) is 4.94. The monoisotopic (exact) mass is 482 g/mol. The van der Waals surface area contributed by atoms with Gasteiger partial charge in [-0.2, -0.15) is 0 Å². The number of carbonyl (C=O) groups is 2. The zero-order valence-corrected chi connectivity index (χ0v) is 21.1. The van der Waals surface area contributed by atoms with Crippen LogP contribution in [0.5, 0.6) is 0 Å². The number of hydrogen-bond acceptors (Lipinski definition) is 7. The van der Waals surface area contributed by atoms with Crippen LogP contribution >= 0.6 is 12.2 Å². The Morgan fingerprint density at radius 2 is 1.88 bits per heavy atom. The maximum atomic E-state index is 12.5. The molecule has 11 heteroatoms. The van der Waals surface area contributed by atoms with Crippen molar-refractivity contribution in [3.8, 4) is 0 Å². The second kappa shape index (κ2) is 11.0. The molecule has 0 aliphatic rings. The van der Waals surface area contributed by atoms with E-state index in [-0.39, 0.29) is 29.1 Å². The van der Waals surface area contributed by atoms with E-state index in [9.17, 15) is 14.4 Å². The Kier molecular flexibility index (Phi) is 8.84. The summed E-state index contributed by atoms with van der Waals surface area (Å²) in [5.74, 6) is -0.750. The Balaban J connectivity index is 2.14. The molecule has 0 saturated carbocycles. The highest BCUT2D eigenvalue weighted by Crippen LogP contribution is 2.14. The van der Waals surface area contributed by atoms with Crippen molar-refractivity contribution in [2.75, 3.05) is 6.61 Å². The molecular weight excluding hydrogens is 448 g/mol. The number of aromatic nitrogens is 3. The number of aromatic amines is 1. The van der Waals surface area contributed by atoms with E-state index in [4.69, 9.17) is 26.4 Å². The first-order valence-corrected chi connectivity index (χ1v) is 11.3. The number of fused-ring (bicyclic) bond motifs is 1. The first-order chi connectivity index (χ1) is 15.3. The number of rotatable bonds is 9. The largest absolute Gasteiger partial charge is 0.458 e. The smallest absolute Gasteiger partial charge is 0.409 e. The second-order valence-electron chi connectivity index (χ2n) is 9.31. The zero-order chi connectivity index (χ0) is 24.9. The van der Waals surface area contributed by atoms with Crippen molar-refractivity contribution in [1.29, 1.82) is 0 Å². The van der Waals surface area contributed by atoms with E-state index in [1.165, 1.54) is 4.57 Å². The molecule has 0 bridgehead atoms. The van der Waals surface area contributed by atoms with Gasteiger partial charge in [0.2, 0.25) is 0 Å². The van der Waals surface area contributed by atoms with Gasteiger partial charge in [-0.15, -0.1) is 0 Å². The van der Waals surface area contributed by atoms with Crippen LogP contribution in [0.2, 0.25) is 0 Å². The summed E-state index contributed by atoms with van der Waals surface area (Å²) in [4.78, 5) is 40.0. The normalized spacial score (nSPS) is 12.9. The van der Waals surface area contributed by atoms with Crippen LogP contribution in [0.3, 0.4) is 0 Å². The van der Waals surface area contributed by atoms with E-state index >= 15 is 0 Å². The maximum Gasteiger partial charge on any atom is 0.409 e. The van der Waals surface area contributed by atoms with E-state index in [1.54, 1.807) is 51.4 Å². The van der Waals surface area contributed by atoms with E-state index < -0.39 is 23.7 Å². The Bertz CT molecular complexity index is 1090. The molecule has 2 N–H and O–H groups in total. The van der Waals surface area contributed by atoms with Gasteiger partial charge < -0.3 is 28.7 Å². The number of hydrogen-bond donors (Lipinski definition) is 2. The predicted octanol–water partition coefficient (Wildman–Crippen LogP) is 3.34. The summed E-state index contributed by atoms with van der Waals surface area (Å²) in [6, 6.07) is 0.863. The van der Waals surface area contributed by atoms with Crippen molar-refractivity contribution in [3.63, 3.8) is 0 Å². The van der Waals surface area contributed by atoms with Crippen LogP contribution in [0.1, 0.15) is 48.5 Å². The third-order valence-electron chi connectivity index (χ3n) is 4.62. The highest BCUT2D eigenvalue weighted by molar-refractivity contribution is 7.71. The van der Waals surface area contributed by atoms with Crippen LogP contribution in [-0.4, -0.2) is 50.5 Å². The first kappa shape index (κ1) is 26.6. The summed E-state index contributed by atoms with van der Waals surface area (Å²) in [5.41, 5.74) is -0.152. The van der Waals surface area contributed by atoms with Crippen molar-refractivity contribution in [2.24, 2.45) is 5.92 Å². The van der Waals surface area contributed by atoms with Gasteiger partial charge in [0.05, 0.1) is 18.2 Å². The lowest BCUT2D eigenvalue weighted by atomic mass is 10.0. The van der Waals surface area contributed by atoms with E-state index in [2.05, 4.69) is 10.3 Å². The minimum Gasteiger partial charge on any atom is -0.458 e. The molecule has 33 heavy (non-hydrogen) atoms. The van der Waals surface area contributed by atoms with Crippen molar-refractivity contribution in [2.45, 2.75) is 79.5 Å². The number of H-pyrrole nitrogens is 1. The van der Waals surface area contributed by atoms with Crippen molar-refractivity contribution in [1.82, 2.24) is 19.4 Å². The van der Waals surface area contributed by atoms with Gasteiger partial charge in [-0.1, -0.05) is 13.8 Å². The Morgan fingerprint density at radius 3 is 2.45 bits per heavy atom. The standard InChI is InChI=1S/C22H34N4O6S/c1-13(2)16(19(28)32-22(5,6)7)23-21(29)31-12-25-9-8-15-17(25)18(27)24-20(33)26(15)10-11-30-14(3)4/h8-9,13-14,16H,10-12H2,1-7H3,(H,23,29)(H,24,27,33)/t16-/m0/s1. The van der Waals surface area contributed by atoms with Crippen LogP contribution in [0.25, 0.3) is 11.0 Å². The topological polar surface area (TPSA) is 117 Å². The quantitative estimate of drug-likeness (QED) is 0.416. The predicted molar refractivity (Wildman–Crippen MR) is 127 cm³/mol. The summed E-state index contributed by atoms with van der Waals surface area (Å²) in [5, 5.41) is 2.55. The third kappa shape index (κ3) is 7.43. The van der Waals surface area contributed by atoms with Gasteiger partial charge in [-0.3, -0.25) is 9.78 Å². The van der Waals surface area contributed by atoms with Crippen LogP contribution in [0, 0.1) is 10.7 Å². The molecule has 2 aromatic heterocycles. The van der Waals surface area contributed by atoms with Crippen LogP contribution < -0.4 is 10.9 Å². The summed E-state index contributed by atoms with van der Waals surface area (Å²) >= 11 is 5.30. The van der Waals surface area contributed by atoms with Gasteiger partial charge in [0.1, 0.15) is 17.2 Å². The molecule has 1 amide bonds. The lowest BCUT2D eigenvalue weighted by Gasteiger charge is -2.26. The molecule has 10 nitrogen and oxygen atoms in total. The number of nitrogens with zero attached hydrogens (tertiary/aromatic N) is 2. The van der Waals surface area contributed by atoms with E-state index in [1.807, 2.05) is 13.8 Å². The molecule has 0 unspecified atom stereocenters. The molecule has 2 rings (SSSR count). The highest BCUT2D eigenvalue weighted by Gasteiger charge is 2.29. The molecule has 2 aromatic rings. The van der Waals surface area contributed by atoms with E-state index in [0.717, 1.165) is 0 Å². The van der Waals surface area contributed by atoms with Gasteiger partial charge in [0.25, 0.3) is 5.56 Å². The fourth-order valence-electron chi connectivity index (χ4n) is 3.13. The molecule has 0 fully saturated rings. The summed E-state index contributed by atoms with van der Waals surface area (Å²) in [6.07, 6.45) is 0.912. The maximum absolute atomic E-state index is 12.5. The van der Waals surface area contributed by atoms with Crippen LogP contribution in [0.4, 0.5) is 4.79 Å². The molecule has 0 radical (unpaired) electrons. The average molecular weight is 483 g/mol. The van der Waals surface area contributed by atoms with Gasteiger partial charge in [0, 0.05) is 12.7 Å². The summed E-state index contributed by atoms with van der Waals surface area (Å²) in [7, 11) is 0. The fraction of sp³-hybridized carbons (Fsp3) is 0.636. The number of nitrogens with one attached hydrogen (secondary N) is 2. The molecule has 0 saturated heterocycles. The van der Waals surface area contributed by atoms with Gasteiger partial charge in [0.15, 0.2) is 11.5 Å². The second-order valence-corrected chi connectivity index (χ2v) is 9.70. The molecule has 1 atom stereocenters. The number of ether oxygens (including phenoxy) is 3. The van der Waals surface area contributed by atoms with Crippen LogP contribution in [0.15, 0.2) is 17.1 Å². The SMILES string of the molecule is CC(C)OCCn1c(=S)[nH]c(=O)c2c1ccn2COC(=O)N[C@H](C(=O)OC(C)(C)C)C(C)C. The summed E-state index contributed by atoms with van der Waals surface area (Å²) in [6.45, 7) is 13.4. The highest BCUT2D eigenvalue weighted by atomic mass is 32.1. The Hall–Kier alpha value is -2.66. The number of amides is 1. The molecule has 2 heterocycles. The molecular formula is C22H34N4O6S. The number of carbonyl (C=O) groups excluding carboxylic acids is 2. The van der Waals surface area contributed by atoms with E-state index in [0.29, 0.717) is 24.2 Å². The van der Waals surface area contributed by atoms with Crippen molar-refractivity contribution < 1.29 is 23.8 Å². The van der Waals surface area contributed by atoms with Crippen molar-refractivity contribution >= 4 is 35.3 Å². The van der Waals surface area contributed by atoms with Gasteiger partial charge in [-0.05, 0) is 58.8 Å². The van der Waals surface area contributed by atoms with Gasteiger partial charge >= 0.3 is 12.1 Å². The zero-order valence-electron chi connectivity index (χ0n) is 20.3. The Morgan fingerprint density at radius 1 is 1.21 bits per heavy atom. The van der Waals surface area contributed by atoms with Crippen LogP contribution in [-0.2, 0) is 32.3 Å². The molecule has 0 aliphatic heterocycles. The molecule has 0 spiro atoms.